The average Bonchev–Trinajstić information content (AvgIpc) is 3.17. The molecule has 1 aromatic carbocycles. The van der Waals surface area contributed by atoms with Crippen LogP contribution in [0.1, 0.15) is 15.2 Å². The second kappa shape index (κ2) is 10.5. The largest absolute Gasteiger partial charge is 0.454 e. The normalized spacial score (nSPS) is 10.1. The maximum absolute atomic E-state index is 12.3. The van der Waals surface area contributed by atoms with Gasteiger partial charge in [-0.1, -0.05) is 23.7 Å². The van der Waals surface area contributed by atoms with Crippen LogP contribution in [0.4, 0.5) is 0 Å². The van der Waals surface area contributed by atoms with Crippen LogP contribution in [0.5, 0.6) is 0 Å². The molecular weight excluding hydrogens is 388 g/mol. The Labute approximate surface area is 166 Å². The summed E-state index contributed by atoms with van der Waals surface area (Å²) in [6, 6.07) is 10.1. The fourth-order valence-electron chi connectivity index (χ4n) is 2.14. The first-order chi connectivity index (χ1) is 13.0. The van der Waals surface area contributed by atoms with Crippen LogP contribution in [0.3, 0.4) is 0 Å². The van der Waals surface area contributed by atoms with Crippen LogP contribution in [0, 0.1) is 0 Å². The number of carbonyl (C=O) groups excluding carboxylic acids is 3. The molecule has 0 bridgehead atoms. The van der Waals surface area contributed by atoms with Gasteiger partial charge >= 0.3 is 5.97 Å². The van der Waals surface area contributed by atoms with E-state index in [1.807, 2.05) is 17.5 Å². The van der Waals surface area contributed by atoms with Gasteiger partial charge in [-0.3, -0.25) is 14.4 Å². The molecule has 0 saturated heterocycles. The number of carbonyl (C=O) groups is 3. The molecule has 8 heteroatoms. The van der Waals surface area contributed by atoms with Gasteiger partial charge in [0.2, 0.25) is 0 Å². The number of esters is 1. The van der Waals surface area contributed by atoms with Gasteiger partial charge in [0.1, 0.15) is 6.54 Å². The first-order valence-corrected chi connectivity index (χ1v) is 9.36. The van der Waals surface area contributed by atoms with E-state index in [1.54, 1.807) is 35.2 Å². The quantitative estimate of drug-likeness (QED) is 0.513. The number of nitrogens with zero attached hydrogens (tertiary/aromatic N) is 1. The first-order valence-electron chi connectivity index (χ1n) is 8.10. The third-order valence-electron chi connectivity index (χ3n) is 3.49. The summed E-state index contributed by atoms with van der Waals surface area (Å²) >= 11 is 7.30. The van der Waals surface area contributed by atoms with Crippen LogP contribution in [0.25, 0.3) is 0 Å². The molecule has 142 valence electrons. The van der Waals surface area contributed by atoms with E-state index in [9.17, 15) is 14.4 Å². The van der Waals surface area contributed by atoms with Gasteiger partial charge in [-0.15, -0.1) is 17.9 Å². The number of hydrogen-bond donors (Lipinski definition) is 1. The minimum Gasteiger partial charge on any atom is -0.454 e. The Bertz CT molecular complexity index is 791. The Balaban J connectivity index is 1.77. The van der Waals surface area contributed by atoms with E-state index in [1.165, 1.54) is 11.3 Å². The number of benzene rings is 1. The third kappa shape index (κ3) is 6.88. The van der Waals surface area contributed by atoms with Crippen molar-refractivity contribution in [3.63, 3.8) is 0 Å². The summed E-state index contributed by atoms with van der Waals surface area (Å²) in [5.41, 5.74) is 0.372. The maximum atomic E-state index is 12.3. The maximum Gasteiger partial charge on any atom is 0.325 e. The summed E-state index contributed by atoms with van der Waals surface area (Å²) in [5.74, 6) is -1.46. The monoisotopic (exact) mass is 406 g/mol. The number of halogens is 1. The van der Waals surface area contributed by atoms with Crippen molar-refractivity contribution in [1.29, 1.82) is 0 Å². The molecule has 0 radical (unpaired) electrons. The van der Waals surface area contributed by atoms with Gasteiger partial charge < -0.3 is 15.0 Å². The lowest BCUT2D eigenvalue weighted by Gasteiger charge is -2.20. The second-order valence-corrected chi connectivity index (χ2v) is 6.96. The van der Waals surface area contributed by atoms with Crippen LogP contribution in [0.15, 0.2) is 54.4 Å². The van der Waals surface area contributed by atoms with Crippen molar-refractivity contribution in [3.05, 3.63) is 69.9 Å². The molecule has 1 aromatic heterocycles. The first kappa shape index (κ1) is 20.7. The molecule has 2 rings (SSSR count). The van der Waals surface area contributed by atoms with Gasteiger partial charge in [0, 0.05) is 22.0 Å². The van der Waals surface area contributed by atoms with Crippen molar-refractivity contribution in [2.75, 3.05) is 19.7 Å². The molecule has 0 fully saturated rings. The van der Waals surface area contributed by atoms with Gasteiger partial charge in [-0.2, -0.15) is 0 Å². The smallest absolute Gasteiger partial charge is 0.325 e. The van der Waals surface area contributed by atoms with Crippen LogP contribution < -0.4 is 5.32 Å². The highest BCUT2D eigenvalue weighted by molar-refractivity contribution is 7.09. The van der Waals surface area contributed by atoms with Gasteiger partial charge in [0.05, 0.1) is 6.54 Å². The zero-order valence-electron chi connectivity index (χ0n) is 14.5. The Morgan fingerprint density at radius 1 is 1.22 bits per heavy atom. The van der Waals surface area contributed by atoms with Gasteiger partial charge in [0.25, 0.3) is 11.8 Å². The number of thiophene rings is 1. The van der Waals surface area contributed by atoms with Crippen LogP contribution in [-0.4, -0.2) is 42.4 Å². The van der Waals surface area contributed by atoms with Crippen molar-refractivity contribution < 1.29 is 19.1 Å². The predicted octanol–water partition coefficient (Wildman–Crippen LogP) is 2.89. The Morgan fingerprint density at radius 2 is 1.96 bits per heavy atom. The molecule has 0 atom stereocenters. The molecule has 1 N–H and O–H groups in total. The van der Waals surface area contributed by atoms with E-state index in [-0.39, 0.29) is 12.5 Å². The molecule has 0 aliphatic heterocycles. The molecule has 0 aliphatic rings. The molecule has 0 spiro atoms. The van der Waals surface area contributed by atoms with Crippen molar-refractivity contribution in [1.82, 2.24) is 10.2 Å². The van der Waals surface area contributed by atoms with Crippen molar-refractivity contribution >= 4 is 40.7 Å². The van der Waals surface area contributed by atoms with Crippen molar-refractivity contribution in [2.24, 2.45) is 0 Å². The molecule has 2 aromatic rings. The van der Waals surface area contributed by atoms with Crippen molar-refractivity contribution in [2.45, 2.75) is 6.54 Å². The fraction of sp³-hybridized carbons (Fsp3) is 0.211. The minimum atomic E-state index is -0.694. The highest BCUT2D eigenvalue weighted by atomic mass is 35.5. The van der Waals surface area contributed by atoms with E-state index in [0.29, 0.717) is 23.7 Å². The second-order valence-electron chi connectivity index (χ2n) is 5.49. The van der Waals surface area contributed by atoms with Crippen LogP contribution >= 0.6 is 22.9 Å². The summed E-state index contributed by atoms with van der Waals surface area (Å²) in [5, 5.41) is 4.87. The number of ether oxygens (including phenoxy) is 1. The van der Waals surface area contributed by atoms with Crippen LogP contribution in [0.2, 0.25) is 5.02 Å². The van der Waals surface area contributed by atoms with E-state index >= 15 is 0 Å². The highest BCUT2D eigenvalue weighted by Gasteiger charge is 2.16. The number of nitrogens with one attached hydrogen (secondary N) is 1. The topological polar surface area (TPSA) is 75.7 Å². The standard InChI is InChI=1S/C19H19ClN2O4S/c1-2-9-22(12-16-4-3-10-27-16)17(23)13-26-18(24)11-21-19(25)14-5-7-15(20)8-6-14/h2-8,10H,1,9,11-13H2,(H,21,25). The predicted molar refractivity (Wildman–Crippen MR) is 105 cm³/mol. The Morgan fingerprint density at radius 3 is 2.59 bits per heavy atom. The molecule has 2 amide bonds. The molecule has 6 nitrogen and oxygen atoms in total. The highest BCUT2D eigenvalue weighted by Crippen LogP contribution is 2.12. The van der Waals surface area contributed by atoms with E-state index in [4.69, 9.17) is 16.3 Å². The zero-order chi connectivity index (χ0) is 19.6. The summed E-state index contributed by atoms with van der Waals surface area (Å²) in [6.07, 6.45) is 1.61. The van der Waals surface area contributed by atoms with E-state index < -0.39 is 18.5 Å². The Hall–Kier alpha value is -2.64. The fourth-order valence-corrected chi connectivity index (χ4v) is 2.99. The number of hydrogen-bond acceptors (Lipinski definition) is 5. The van der Waals surface area contributed by atoms with Gasteiger partial charge in [0.15, 0.2) is 6.61 Å². The summed E-state index contributed by atoms with van der Waals surface area (Å²) < 4.78 is 4.96. The summed E-state index contributed by atoms with van der Waals surface area (Å²) in [6.45, 7) is 3.68. The average molecular weight is 407 g/mol. The van der Waals surface area contributed by atoms with E-state index in [2.05, 4.69) is 11.9 Å². The zero-order valence-corrected chi connectivity index (χ0v) is 16.1. The lowest BCUT2D eigenvalue weighted by molar-refractivity contribution is -0.151. The Kier molecular flexibility index (Phi) is 8.03. The van der Waals surface area contributed by atoms with Crippen molar-refractivity contribution in [3.8, 4) is 0 Å². The third-order valence-corrected chi connectivity index (χ3v) is 4.60. The number of amides is 2. The SMILES string of the molecule is C=CCN(Cc1cccs1)C(=O)COC(=O)CNC(=O)c1ccc(Cl)cc1. The molecule has 0 aliphatic carbocycles. The van der Waals surface area contributed by atoms with Gasteiger partial charge in [-0.25, -0.2) is 0 Å². The molecule has 27 heavy (non-hydrogen) atoms. The molecule has 1 heterocycles. The lowest BCUT2D eigenvalue weighted by atomic mass is 10.2. The molecular formula is C19H19ClN2O4S. The molecule has 0 unspecified atom stereocenters. The van der Waals surface area contributed by atoms with Crippen LogP contribution in [-0.2, 0) is 20.9 Å². The summed E-state index contributed by atoms with van der Waals surface area (Å²) in [7, 11) is 0. The minimum absolute atomic E-state index is 0.332. The molecule has 0 saturated carbocycles. The lowest BCUT2D eigenvalue weighted by Crippen LogP contribution is -2.36. The van der Waals surface area contributed by atoms with E-state index in [0.717, 1.165) is 4.88 Å². The number of rotatable bonds is 9. The van der Waals surface area contributed by atoms with Gasteiger partial charge in [-0.05, 0) is 35.7 Å². The summed E-state index contributed by atoms with van der Waals surface area (Å²) in [4.78, 5) is 38.5.